The van der Waals surface area contributed by atoms with E-state index >= 15 is 0 Å². The van der Waals surface area contributed by atoms with Crippen LogP contribution in [-0.4, -0.2) is 81.2 Å². The van der Waals surface area contributed by atoms with E-state index < -0.39 is 38.6 Å². The number of nitrogens with zero attached hydrogens (tertiary/aromatic N) is 1. The molecule has 0 aliphatic carbocycles. The maximum atomic E-state index is 12.7. The predicted octanol–water partition coefficient (Wildman–Crippen LogP) is 11.5. The summed E-state index contributed by atoms with van der Waals surface area (Å²) in [4.78, 5) is 37.5. The van der Waals surface area contributed by atoms with Gasteiger partial charge in [0.1, 0.15) is 19.8 Å². The minimum absolute atomic E-state index is 0.0701. The minimum Gasteiger partial charge on any atom is -0.756 e. The van der Waals surface area contributed by atoms with Crippen LogP contribution in [0.5, 0.6) is 0 Å². The first-order chi connectivity index (χ1) is 29.4. The van der Waals surface area contributed by atoms with Crippen LogP contribution in [0.15, 0.2) is 109 Å². The molecule has 0 bridgehead atoms. The Bertz CT molecular complexity index is 1420. The molecule has 0 aromatic carbocycles. The van der Waals surface area contributed by atoms with Crippen molar-refractivity contribution >= 4 is 19.8 Å². The Hall–Kier alpha value is -3.37. The van der Waals surface area contributed by atoms with Gasteiger partial charge in [-0.05, 0) is 83.5 Å². The Labute approximate surface area is 370 Å². The van der Waals surface area contributed by atoms with Crippen LogP contribution in [0.1, 0.15) is 136 Å². The van der Waals surface area contributed by atoms with Crippen molar-refractivity contribution in [1.29, 1.82) is 0 Å². The van der Waals surface area contributed by atoms with Gasteiger partial charge in [-0.1, -0.05) is 149 Å². The summed E-state index contributed by atoms with van der Waals surface area (Å²) in [5.74, 6) is -1.05. The minimum atomic E-state index is -4.68. The molecule has 0 radical (unpaired) electrons. The third kappa shape index (κ3) is 44.5. The summed E-state index contributed by atoms with van der Waals surface area (Å²) < 4.78 is 33.7. The zero-order chi connectivity index (χ0) is 45.1. The molecule has 0 aliphatic rings. The standard InChI is InChI=1S/C50H82NO9P/c1-6-8-10-12-14-15-16-17-18-19-20-21-22-23-24-25-29-33-37-41-49(53)57-45-48(46-59-61(55,56)58-44-43-51(3,4)5)60-50(54)42-38-34-30-26-28-32-36-40-47(52)39-35-31-27-13-11-9-7-2/h14-15,17-18,20-21,23-24,26-27,29-33,35-36,39,47-48,52H,6-13,16,19,22,25,28,34,37-38,40-46H2,1-5H3/b15-14-,18-17-,21-20-,24-23-,30-26+,31-27-,33-29-,36-32-,39-35-/t47-,48+/m0/s1. The van der Waals surface area contributed by atoms with E-state index in [4.69, 9.17) is 18.5 Å². The molecular formula is C50H82NO9P. The summed E-state index contributed by atoms with van der Waals surface area (Å²) >= 11 is 0. The van der Waals surface area contributed by atoms with Crippen LogP contribution >= 0.6 is 7.82 Å². The highest BCUT2D eigenvalue weighted by Gasteiger charge is 2.21. The molecule has 0 rings (SSSR count). The molecule has 1 N–H and O–H groups in total. The van der Waals surface area contributed by atoms with Crippen LogP contribution in [0.2, 0.25) is 0 Å². The number of quaternary nitrogens is 1. The van der Waals surface area contributed by atoms with E-state index in [0.29, 0.717) is 43.1 Å². The third-order valence-electron chi connectivity index (χ3n) is 8.86. The van der Waals surface area contributed by atoms with Crippen molar-refractivity contribution in [2.45, 2.75) is 148 Å². The van der Waals surface area contributed by atoms with E-state index in [2.05, 4.69) is 68.5 Å². The lowest BCUT2D eigenvalue weighted by Crippen LogP contribution is -2.37. The number of aliphatic hydroxyl groups is 1. The molecular weight excluding hydrogens is 790 g/mol. The molecule has 0 aromatic heterocycles. The van der Waals surface area contributed by atoms with Gasteiger partial charge in [0.2, 0.25) is 0 Å². The molecule has 0 aliphatic heterocycles. The molecule has 11 heteroatoms. The Kier molecular flexibility index (Phi) is 38.4. The fraction of sp³-hybridized carbons (Fsp3) is 0.600. The summed E-state index contributed by atoms with van der Waals surface area (Å²) in [6.45, 7) is 3.89. The molecule has 0 heterocycles. The molecule has 61 heavy (non-hydrogen) atoms. The lowest BCUT2D eigenvalue weighted by Gasteiger charge is -2.28. The van der Waals surface area contributed by atoms with Crippen LogP contribution in [-0.2, 0) is 32.7 Å². The van der Waals surface area contributed by atoms with Crippen molar-refractivity contribution in [3.05, 3.63) is 109 Å². The quantitative estimate of drug-likeness (QED) is 0.0160. The first kappa shape index (κ1) is 57.6. The average Bonchev–Trinajstić information content (AvgIpc) is 3.21. The zero-order valence-electron chi connectivity index (χ0n) is 38.4. The van der Waals surface area contributed by atoms with E-state index in [-0.39, 0.29) is 26.1 Å². The molecule has 0 spiro atoms. The van der Waals surface area contributed by atoms with Crippen molar-refractivity contribution in [1.82, 2.24) is 0 Å². The van der Waals surface area contributed by atoms with Gasteiger partial charge in [-0.3, -0.25) is 14.2 Å². The number of likely N-dealkylation sites (N-methyl/N-ethyl adjacent to an activating group) is 1. The monoisotopic (exact) mass is 872 g/mol. The van der Waals surface area contributed by atoms with Gasteiger partial charge >= 0.3 is 11.9 Å². The molecule has 1 unspecified atom stereocenters. The van der Waals surface area contributed by atoms with Crippen LogP contribution in [0.3, 0.4) is 0 Å². The number of esters is 2. The van der Waals surface area contributed by atoms with Gasteiger partial charge in [0.15, 0.2) is 6.10 Å². The fourth-order valence-corrected chi connectivity index (χ4v) is 5.97. The SMILES string of the molecule is CCCCC/C=C\C=C/[C@H](O)C/C=C\C/C=C/CCCC(=O)O[C@H](COC(=O)CC/C=C\C/C=C\C/C=C\C/C=C\C/C=C\CCCCC)COP(=O)([O-])OCC[N+](C)(C)C. The Morgan fingerprint density at radius 3 is 1.67 bits per heavy atom. The van der Waals surface area contributed by atoms with E-state index in [1.807, 2.05) is 69.8 Å². The van der Waals surface area contributed by atoms with Crippen LogP contribution in [0, 0.1) is 0 Å². The van der Waals surface area contributed by atoms with E-state index in [9.17, 15) is 24.2 Å². The summed E-state index contributed by atoms with van der Waals surface area (Å²) in [5.41, 5.74) is 0. The maximum absolute atomic E-state index is 12.7. The Morgan fingerprint density at radius 2 is 1.11 bits per heavy atom. The van der Waals surface area contributed by atoms with Crippen LogP contribution in [0.25, 0.3) is 0 Å². The first-order valence-electron chi connectivity index (χ1n) is 22.7. The predicted molar refractivity (Wildman–Crippen MR) is 251 cm³/mol. The number of allylic oxidation sites excluding steroid dienone is 16. The molecule has 0 saturated carbocycles. The van der Waals surface area contributed by atoms with Gasteiger partial charge in [-0.25, -0.2) is 0 Å². The summed E-state index contributed by atoms with van der Waals surface area (Å²) in [5, 5.41) is 10.1. The number of rotatable bonds is 39. The number of carbonyl (C=O) groups is 2. The van der Waals surface area contributed by atoms with E-state index in [0.717, 1.165) is 32.1 Å². The first-order valence-corrected chi connectivity index (χ1v) is 24.2. The van der Waals surface area contributed by atoms with E-state index in [1.54, 1.807) is 6.08 Å². The number of phosphoric acid groups is 1. The van der Waals surface area contributed by atoms with Crippen molar-refractivity contribution in [2.75, 3.05) is 47.5 Å². The second kappa shape index (κ2) is 40.7. The van der Waals surface area contributed by atoms with Crippen molar-refractivity contribution in [2.24, 2.45) is 0 Å². The maximum Gasteiger partial charge on any atom is 0.306 e. The molecule has 0 saturated heterocycles. The molecule has 3 atom stereocenters. The number of ether oxygens (including phenoxy) is 2. The molecule has 346 valence electrons. The number of aliphatic hydroxyl groups excluding tert-OH is 1. The van der Waals surface area contributed by atoms with Crippen molar-refractivity contribution in [3.8, 4) is 0 Å². The Morgan fingerprint density at radius 1 is 0.607 bits per heavy atom. The van der Waals surface area contributed by atoms with Crippen LogP contribution < -0.4 is 4.89 Å². The number of phosphoric ester groups is 1. The number of unbranched alkanes of at least 4 members (excludes halogenated alkanes) is 7. The molecule has 0 amide bonds. The second-order valence-electron chi connectivity index (χ2n) is 15.9. The highest BCUT2D eigenvalue weighted by atomic mass is 31.2. The largest absolute Gasteiger partial charge is 0.756 e. The topological polar surface area (TPSA) is 131 Å². The fourth-order valence-electron chi connectivity index (χ4n) is 5.24. The molecule has 0 aromatic rings. The number of hydrogen-bond acceptors (Lipinski definition) is 9. The van der Waals surface area contributed by atoms with Gasteiger partial charge in [0, 0.05) is 12.8 Å². The summed E-state index contributed by atoms with van der Waals surface area (Å²) in [7, 11) is 1.03. The lowest BCUT2D eigenvalue weighted by atomic mass is 10.2. The third-order valence-corrected chi connectivity index (χ3v) is 9.82. The van der Waals surface area contributed by atoms with Gasteiger partial charge in [0.25, 0.3) is 7.82 Å². The average molecular weight is 872 g/mol. The molecule has 0 fully saturated rings. The second-order valence-corrected chi connectivity index (χ2v) is 17.3. The summed E-state index contributed by atoms with van der Waals surface area (Å²) in [6, 6.07) is 0. The van der Waals surface area contributed by atoms with E-state index in [1.165, 1.54) is 44.9 Å². The number of carbonyl (C=O) groups excluding carboxylic acids is 2. The van der Waals surface area contributed by atoms with Crippen molar-refractivity contribution < 1.29 is 47.2 Å². The Balaban J connectivity index is 4.64. The van der Waals surface area contributed by atoms with Gasteiger partial charge in [0.05, 0.1) is 33.9 Å². The smallest absolute Gasteiger partial charge is 0.306 e. The van der Waals surface area contributed by atoms with Gasteiger partial charge < -0.3 is 33.0 Å². The van der Waals surface area contributed by atoms with Gasteiger partial charge in [-0.15, -0.1) is 0 Å². The van der Waals surface area contributed by atoms with Crippen LogP contribution in [0.4, 0.5) is 0 Å². The zero-order valence-corrected chi connectivity index (χ0v) is 39.3. The lowest BCUT2D eigenvalue weighted by molar-refractivity contribution is -0.870. The highest BCUT2D eigenvalue weighted by molar-refractivity contribution is 7.45. The molecule has 10 nitrogen and oxygen atoms in total. The highest BCUT2D eigenvalue weighted by Crippen LogP contribution is 2.38. The normalized spacial score (nSPS) is 15.1. The summed E-state index contributed by atoms with van der Waals surface area (Å²) in [6.07, 6.45) is 51.6. The van der Waals surface area contributed by atoms with Crippen molar-refractivity contribution in [3.63, 3.8) is 0 Å². The number of hydrogen-bond donors (Lipinski definition) is 1. The van der Waals surface area contributed by atoms with Gasteiger partial charge in [-0.2, -0.15) is 0 Å².